The molecule has 116 valence electrons. The molecule has 1 aromatic rings. The van der Waals surface area contributed by atoms with Gasteiger partial charge in [0.1, 0.15) is 6.54 Å². The van der Waals surface area contributed by atoms with Gasteiger partial charge in [-0.15, -0.1) is 0 Å². The molecule has 0 spiro atoms. The van der Waals surface area contributed by atoms with Gasteiger partial charge in [-0.25, -0.2) is 4.39 Å². The van der Waals surface area contributed by atoms with E-state index in [0.29, 0.717) is 4.90 Å². The lowest BCUT2D eigenvalue weighted by Gasteiger charge is -2.41. The highest BCUT2D eigenvalue weighted by Gasteiger charge is 2.45. The Balaban J connectivity index is 2.32. The number of rotatable bonds is 2. The second-order valence-electron chi connectivity index (χ2n) is 5.49. The normalized spacial score (nSPS) is 27.0. The third kappa shape index (κ3) is 3.36. The molecule has 2 rings (SSSR count). The maximum absolute atomic E-state index is 13.9. The van der Waals surface area contributed by atoms with Crippen LogP contribution in [0.15, 0.2) is 24.3 Å². The van der Waals surface area contributed by atoms with E-state index in [1.54, 1.807) is 19.1 Å². The molecule has 0 bridgehead atoms. The van der Waals surface area contributed by atoms with Crippen LogP contribution in [0.1, 0.15) is 30.4 Å². The van der Waals surface area contributed by atoms with Crippen molar-refractivity contribution < 1.29 is 22.4 Å². The number of likely N-dealkylation sites (tertiary alicyclic amines) is 1. The summed E-state index contributed by atoms with van der Waals surface area (Å²) in [5.74, 6) is -1.49. The van der Waals surface area contributed by atoms with Gasteiger partial charge in [0.15, 0.2) is 6.17 Å². The number of halogens is 4. The van der Waals surface area contributed by atoms with Crippen molar-refractivity contribution in [3.63, 3.8) is 0 Å². The number of aryl methyl sites for hydroxylation is 1. The molecule has 2 nitrogen and oxygen atoms in total. The predicted octanol–water partition coefficient (Wildman–Crippen LogP) is 3.60. The number of alkyl halides is 4. The van der Waals surface area contributed by atoms with E-state index < -0.39 is 36.8 Å². The van der Waals surface area contributed by atoms with E-state index in [0.717, 1.165) is 11.1 Å². The van der Waals surface area contributed by atoms with Crippen LogP contribution in [-0.4, -0.2) is 35.7 Å². The summed E-state index contributed by atoms with van der Waals surface area (Å²) in [6.07, 6.45) is -6.48. The van der Waals surface area contributed by atoms with Gasteiger partial charge in [-0.1, -0.05) is 24.3 Å². The van der Waals surface area contributed by atoms with Gasteiger partial charge in [-0.05, 0) is 31.4 Å². The van der Waals surface area contributed by atoms with E-state index >= 15 is 0 Å². The van der Waals surface area contributed by atoms with Crippen molar-refractivity contribution in [2.45, 2.75) is 44.6 Å². The summed E-state index contributed by atoms with van der Waals surface area (Å²) in [6.45, 7) is 1.97. The number of carbonyl (C=O) groups excluding carboxylic acids is 1. The summed E-state index contributed by atoms with van der Waals surface area (Å²) in [5.41, 5.74) is 1.69. The first-order valence-electron chi connectivity index (χ1n) is 6.77. The molecule has 1 saturated heterocycles. The van der Waals surface area contributed by atoms with Crippen LogP contribution in [0, 0.1) is 6.92 Å². The van der Waals surface area contributed by atoms with E-state index in [9.17, 15) is 22.4 Å². The minimum Gasteiger partial charge on any atom is -0.328 e. The zero-order chi connectivity index (χ0) is 15.8. The second-order valence-corrected chi connectivity index (χ2v) is 5.49. The van der Waals surface area contributed by atoms with Gasteiger partial charge in [0.25, 0.3) is 5.91 Å². The van der Waals surface area contributed by atoms with Gasteiger partial charge < -0.3 is 4.90 Å². The maximum Gasteiger partial charge on any atom is 0.406 e. The summed E-state index contributed by atoms with van der Waals surface area (Å²) in [7, 11) is 0. The van der Waals surface area contributed by atoms with Gasteiger partial charge in [-0.2, -0.15) is 13.2 Å². The SMILES string of the molecule is Cc1ccccc1C1CC(F)C(=O)N(CC(F)(F)F)C1C. The van der Waals surface area contributed by atoms with Gasteiger partial charge in [0.05, 0.1) is 0 Å². The molecule has 1 aromatic carbocycles. The van der Waals surface area contributed by atoms with Gasteiger partial charge in [0, 0.05) is 12.0 Å². The fourth-order valence-electron chi connectivity index (χ4n) is 2.92. The van der Waals surface area contributed by atoms with Crippen molar-refractivity contribution in [3.8, 4) is 0 Å². The molecule has 1 fully saturated rings. The number of nitrogens with zero attached hydrogens (tertiary/aromatic N) is 1. The Morgan fingerprint density at radius 2 is 1.90 bits per heavy atom. The zero-order valence-electron chi connectivity index (χ0n) is 11.8. The Hall–Kier alpha value is -1.59. The monoisotopic (exact) mass is 303 g/mol. The molecule has 21 heavy (non-hydrogen) atoms. The van der Waals surface area contributed by atoms with Gasteiger partial charge in [0.2, 0.25) is 0 Å². The van der Waals surface area contributed by atoms with Crippen molar-refractivity contribution in [2.24, 2.45) is 0 Å². The first-order chi connectivity index (χ1) is 9.70. The molecule has 6 heteroatoms. The molecule has 3 atom stereocenters. The minimum absolute atomic E-state index is 0.0702. The highest BCUT2D eigenvalue weighted by atomic mass is 19.4. The average Bonchev–Trinajstić information content (AvgIpc) is 2.39. The topological polar surface area (TPSA) is 20.3 Å². The minimum atomic E-state index is -4.53. The summed E-state index contributed by atoms with van der Waals surface area (Å²) >= 11 is 0. The van der Waals surface area contributed by atoms with Crippen molar-refractivity contribution >= 4 is 5.91 Å². The number of carbonyl (C=O) groups is 1. The summed E-state index contributed by atoms with van der Waals surface area (Å²) < 4.78 is 51.7. The van der Waals surface area contributed by atoms with Crippen LogP contribution in [0.4, 0.5) is 17.6 Å². The highest BCUT2D eigenvalue weighted by molar-refractivity contribution is 5.82. The molecule has 0 saturated carbocycles. The van der Waals surface area contributed by atoms with Crippen molar-refractivity contribution in [3.05, 3.63) is 35.4 Å². The standard InChI is InChI=1S/C15H17F4NO/c1-9-5-3-4-6-11(9)12-7-13(16)14(21)20(10(12)2)8-15(17,18)19/h3-6,10,12-13H,7-8H2,1-2H3. The van der Waals surface area contributed by atoms with Crippen molar-refractivity contribution in [1.82, 2.24) is 4.90 Å². The summed E-state index contributed by atoms with van der Waals surface area (Å²) in [4.78, 5) is 12.3. The van der Waals surface area contributed by atoms with E-state index in [1.165, 1.54) is 0 Å². The third-order valence-electron chi connectivity index (χ3n) is 4.02. The predicted molar refractivity (Wildman–Crippen MR) is 70.7 cm³/mol. The molecule has 1 heterocycles. The quantitative estimate of drug-likeness (QED) is 0.765. The average molecular weight is 303 g/mol. The van der Waals surface area contributed by atoms with Crippen LogP contribution in [0.3, 0.4) is 0 Å². The van der Waals surface area contributed by atoms with Crippen molar-refractivity contribution in [2.75, 3.05) is 6.54 Å². The van der Waals surface area contributed by atoms with Gasteiger partial charge >= 0.3 is 6.18 Å². The van der Waals surface area contributed by atoms with Crippen LogP contribution in [0.2, 0.25) is 0 Å². The lowest BCUT2D eigenvalue weighted by atomic mass is 9.81. The molecular formula is C15H17F4NO. The van der Waals surface area contributed by atoms with Crippen LogP contribution < -0.4 is 0 Å². The number of benzene rings is 1. The Morgan fingerprint density at radius 1 is 1.29 bits per heavy atom. The van der Waals surface area contributed by atoms with Gasteiger partial charge in [-0.3, -0.25) is 4.79 Å². The third-order valence-corrected chi connectivity index (χ3v) is 4.02. The number of piperidine rings is 1. The fourth-order valence-corrected chi connectivity index (χ4v) is 2.92. The Kier molecular flexibility index (Phi) is 4.25. The molecule has 1 aliphatic heterocycles. The lowest BCUT2D eigenvalue weighted by molar-refractivity contribution is -0.173. The van der Waals surface area contributed by atoms with E-state index in [-0.39, 0.29) is 6.42 Å². The van der Waals surface area contributed by atoms with E-state index in [2.05, 4.69) is 0 Å². The lowest BCUT2D eigenvalue weighted by Crippen LogP contribution is -2.54. The smallest absolute Gasteiger partial charge is 0.328 e. The summed E-state index contributed by atoms with van der Waals surface area (Å²) in [5, 5.41) is 0. The Bertz CT molecular complexity index is 529. The van der Waals surface area contributed by atoms with E-state index in [1.807, 2.05) is 19.1 Å². The molecule has 0 aliphatic carbocycles. The fraction of sp³-hybridized carbons (Fsp3) is 0.533. The highest BCUT2D eigenvalue weighted by Crippen LogP contribution is 2.37. The molecule has 0 aromatic heterocycles. The van der Waals surface area contributed by atoms with Crippen molar-refractivity contribution in [1.29, 1.82) is 0 Å². The molecular weight excluding hydrogens is 286 g/mol. The molecule has 1 amide bonds. The summed E-state index contributed by atoms with van der Waals surface area (Å²) in [6, 6.07) is 6.52. The number of amides is 1. The molecule has 1 aliphatic rings. The maximum atomic E-state index is 13.9. The number of hydrogen-bond acceptors (Lipinski definition) is 1. The first kappa shape index (κ1) is 15.8. The molecule has 0 radical (unpaired) electrons. The Labute approximate surface area is 120 Å². The van der Waals surface area contributed by atoms with E-state index in [4.69, 9.17) is 0 Å². The first-order valence-corrected chi connectivity index (χ1v) is 6.77. The van der Waals surface area contributed by atoms with Crippen LogP contribution in [0.5, 0.6) is 0 Å². The largest absolute Gasteiger partial charge is 0.406 e. The molecule has 0 N–H and O–H groups in total. The zero-order valence-corrected chi connectivity index (χ0v) is 11.8. The number of hydrogen-bond donors (Lipinski definition) is 0. The van der Waals surface area contributed by atoms with Crippen LogP contribution in [0.25, 0.3) is 0 Å². The Morgan fingerprint density at radius 3 is 2.48 bits per heavy atom. The molecule has 3 unspecified atom stereocenters. The second kappa shape index (κ2) is 5.66. The van der Waals surface area contributed by atoms with Crippen LogP contribution in [-0.2, 0) is 4.79 Å². The van der Waals surface area contributed by atoms with Crippen LogP contribution >= 0.6 is 0 Å².